The van der Waals surface area contributed by atoms with Crippen molar-refractivity contribution in [1.29, 1.82) is 0 Å². The van der Waals surface area contributed by atoms with Gasteiger partial charge in [-0.2, -0.15) is 0 Å². The SMILES string of the molecule is COc1cc(O)c2c(c1)CC(=O)CCCC/C=C\C[C@@H](C)OC2=O. The first-order valence-corrected chi connectivity index (χ1v) is 8.28. The molecule has 2 rings (SSSR count). The molecule has 5 nitrogen and oxygen atoms in total. The first kappa shape index (κ1) is 18.0. The molecule has 0 fully saturated rings. The standard InChI is InChI=1S/C19H24O5/c1-13-8-6-4-3-5-7-9-15(20)10-14-11-16(23-2)12-17(21)18(14)19(22)24-13/h4,6,11-13,21H,3,5,7-10H2,1-2H3/b6-4-/t13-/m1/s1. The number of phenols is 1. The smallest absolute Gasteiger partial charge is 0.342 e. The van der Waals surface area contributed by atoms with Gasteiger partial charge in [0.2, 0.25) is 0 Å². The molecule has 5 heteroatoms. The average molecular weight is 332 g/mol. The molecule has 1 aliphatic rings. The summed E-state index contributed by atoms with van der Waals surface area (Å²) in [6, 6.07) is 2.98. The van der Waals surface area contributed by atoms with Crippen LogP contribution in [-0.4, -0.2) is 30.1 Å². The number of aromatic hydroxyl groups is 1. The highest BCUT2D eigenvalue weighted by Gasteiger charge is 2.23. The number of benzene rings is 1. The van der Waals surface area contributed by atoms with Crippen molar-refractivity contribution in [2.24, 2.45) is 0 Å². The van der Waals surface area contributed by atoms with Crippen molar-refractivity contribution in [3.8, 4) is 11.5 Å². The summed E-state index contributed by atoms with van der Waals surface area (Å²) in [7, 11) is 1.47. The number of carbonyl (C=O) groups excluding carboxylic acids is 2. The van der Waals surface area contributed by atoms with E-state index in [1.165, 1.54) is 13.2 Å². The summed E-state index contributed by atoms with van der Waals surface area (Å²) in [6.45, 7) is 1.81. The molecule has 0 spiro atoms. The molecule has 0 bridgehead atoms. The monoisotopic (exact) mass is 332 g/mol. The molecule has 24 heavy (non-hydrogen) atoms. The molecule has 1 aromatic rings. The minimum absolute atomic E-state index is 0.0331. The van der Waals surface area contributed by atoms with Crippen LogP contribution in [0.3, 0.4) is 0 Å². The Morgan fingerprint density at radius 1 is 1.21 bits per heavy atom. The van der Waals surface area contributed by atoms with E-state index in [9.17, 15) is 14.7 Å². The van der Waals surface area contributed by atoms with Gasteiger partial charge in [0.15, 0.2) is 0 Å². The van der Waals surface area contributed by atoms with Crippen molar-refractivity contribution in [2.45, 2.75) is 51.6 Å². The number of hydrogen-bond donors (Lipinski definition) is 1. The summed E-state index contributed by atoms with van der Waals surface area (Å²) in [5.74, 6) is -0.400. The van der Waals surface area contributed by atoms with Crippen LogP contribution in [0.5, 0.6) is 11.5 Å². The fourth-order valence-corrected chi connectivity index (χ4v) is 2.73. The number of hydrogen-bond acceptors (Lipinski definition) is 5. The maximum atomic E-state index is 12.5. The molecule has 1 aromatic carbocycles. The van der Waals surface area contributed by atoms with E-state index >= 15 is 0 Å². The van der Waals surface area contributed by atoms with E-state index in [1.54, 1.807) is 13.0 Å². The maximum Gasteiger partial charge on any atom is 0.342 e. The number of allylic oxidation sites excluding steroid dienone is 1. The third kappa shape index (κ3) is 4.85. The third-order valence-corrected chi connectivity index (χ3v) is 4.02. The van der Waals surface area contributed by atoms with Crippen molar-refractivity contribution < 1.29 is 24.2 Å². The quantitative estimate of drug-likeness (QED) is 0.628. The maximum absolute atomic E-state index is 12.5. The normalized spacial score (nSPS) is 21.3. The summed E-state index contributed by atoms with van der Waals surface area (Å²) >= 11 is 0. The Labute approximate surface area is 142 Å². The molecular formula is C19H24O5. The first-order valence-electron chi connectivity index (χ1n) is 8.28. The predicted octanol–water partition coefficient (Wildman–Crippen LogP) is 3.58. The van der Waals surface area contributed by atoms with Crippen LogP contribution < -0.4 is 4.74 Å². The van der Waals surface area contributed by atoms with Gasteiger partial charge in [-0.3, -0.25) is 4.79 Å². The molecule has 0 aromatic heterocycles. The van der Waals surface area contributed by atoms with E-state index in [4.69, 9.17) is 9.47 Å². The van der Waals surface area contributed by atoms with E-state index in [0.717, 1.165) is 19.3 Å². The zero-order valence-corrected chi connectivity index (χ0v) is 14.2. The topological polar surface area (TPSA) is 72.8 Å². The number of Topliss-reactive ketones (excluding diaryl/α,β-unsaturated/α-hetero) is 1. The highest BCUT2D eigenvalue weighted by atomic mass is 16.5. The number of rotatable bonds is 1. The number of methoxy groups -OCH3 is 1. The molecular weight excluding hydrogens is 308 g/mol. The summed E-state index contributed by atoms with van der Waals surface area (Å²) in [4.78, 5) is 24.7. The van der Waals surface area contributed by atoms with E-state index in [-0.39, 0.29) is 29.6 Å². The zero-order valence-electron chi connectivity index (χ0n) is 14.2. The van der Waals surface area contributed by atoms with Crippen LogP contribution in [0.1, 0.15) is 54.9 Å². The molecule has 130 valence electrons. The second-order valence-electron chi connectivity index (χ2n) is 6.06. The second-order valence-corrected chi connectivity index (χ2v) is 6.06. The number of carbonyl (C=O) groups is 2. The van der Waals surface area contributed by atoms with Crippen LogP contribution in [0, 0.1) is 0 Å². The van der Waals surface area contributed by atoms with Gasteiger partial charge in [0.25, 0.3) is 0 Å². The van der Waals surface area contributed by atoms with E-state index in [0.29, 0.717) is 24.2 Å². The second kappa shape index (κ2) is 8.52. The lowest BCUT2D eigenvalue weighted by Crippen LogP contribution is -2.17. The first-order chi connectivity index (χ1) is 11.5. The lowest BCUT2D eigenvalue weighted by Gasteiger charge is -2.16. The van der Waals surface area contributed by atoms with Crippen LogP contribution in [0.25, 0.3) is 0 Å². The van der Waals surface area contributed by atoms with Crippen molar-refractivity contribution >= 4 is 11.8 Å². The molecule has 0 radical (unpaired) electrons. The fourth-order valence-electron chi connectivity index (χ4n) is 2.73. The predicted molar refractivity (Wildman–Crippen MR) is 90.5 cm³/mol. The van der Waals surface area contributed by atoms with Gasteiger partial charge in [0.05, 0.1) is 7.11 Å². The summed E-state index contributed by atoms with van der Waals surface area (Å²) in [5.41, 5.74) is 0.499. The van der Waals surface area contributed by atoms with Crippen LogP contribution in [0.4, 0.5) is 0 Å². The van der Waals surface area contributed by atoms with Gasteiger partial charge in [-0.1, -0.05) is 12.2 Å². The molecule has 1 heterocycles. The van der Waals surface area contributed by atoms with Crippen LogP contribution in [0.2, 0.25) is 0 Å². The van der Waals surface area contributed by atoms with Gasteiger partial charge in [-0.05, 0) is 37.8 Å². The van der Waals surface area contributed by atoms with Gasteiger partial charge < -0.3 is 14.6 Å². The highest BCUT2D eigenvalue weighted by Crippen LogP contribution is 2.30. The Morgan fingerprint density at radius 3 is 2.75 bits per heavy atom. The Kier molecular flexibility index (Phi) is 6.41. The molecule has 0 aliphatic carbocycles. The van der Waals surface area contributed by atoms with Crippen molar-refractivity contribution in [3.63, 3.8) is 0 Å². The summed E-state index contributed by atoms with van der Waals surface area (Å²) in [6.07, 6.45) is 7.58. The summed E-state index contributed by atoms with van der Waals surface area (Å²) < 4.78 is 10.5. The number of ketones is 1. The number of phenolic OH excluding ortho intramolecular Hbond substituents is 1. The lowest BCUT2D eigenvalue weighted by atomic mass is 9.98. The van der Waals surface area contributed by atoms with Gasteiger partial charge >= 0.3 is 5.97 Å². The molecule has 1 atom stereocenters. The van der Waals surface area contributed by atoms with Gasteiger partial charge in [-0.15, -0.1) is 0 Å². The number of fused-ring (bicyclic) bond motifs is 1. The molecule has 1 aliphatic heterocycles. The van der Waals surface area contributed by atoms with Crippen LogP contribution in [-0.2, 0) is 16.0 Å². The minimum atomic E-state index is -0.615. The minimum Gasteiger partial charge on any atom is -0.507 e. The molecule has 1 N–H and O–H groups in total. The van der Waals surface area contributed by atoms with Gasteiger partial charge in [0, 0.05) is 25.3 Å². The Balaban J connectivity index is 2.37. The van der Waals surface area contributed by atoms with Gasteiger partial charge in [0.1, 0.15) is 28.9 Å². The van der Waals surface area contributed by atoms with Crippen LogP contribution >= 0.6 is 0 Å². The van der Waals surface area contributed by atoms with Crippen molar-refractivity contribution in [1.82, 2.24) is 0 Å². The van der Waals surface area contributed by atoms with E-state index in [1.807, 2.05) is 6.08 Å². The summed E-state index contributed by atoms with van der Waals surface area (Å²) in [5, 5.41) is 10.2. The number of cyclic esters (lactones) is 1. The van der Waals surface area contributed by atoms with E-state index < -0.39 is 5.97 Å². The molecule has 0 unspecified atom stereocenters. The average Bonchev–Trinajstić information content (AvgIpc) is 2.52. The van der Waals surface area contributed by atoms with Crippen molar-refractivity contribution in [3.05, 3.63) is 35.4 Å². The highest BCUT2D eigenvalue weighted by molar-refractivity contribution is 5.96. The molecule has 0 saturated heterocycles. The molecule has 0 amide bonds. The number of esters is 1. The van der Waals surface area contributed by atoms with E-state index in [2.05, 4.69) is 6.08 Å². The molecule has 0 saturated carbocycles. The van der Waals surface area contributed by atoms with Crippen LogP contribution in [0.15, 0.2) is 24.3 Å². The van der Waals surface area contributed by atoms with Crippen molar-refractivity contribution in [2.75, 3.05) is 7.11 Å². The third-order valence-electron chi connectivity index (χ3n) is 4.02. The fraction of sp³-hybridized carbons (Fsp3) is 0.474. The Morgan fingerprint density at radius 2 is 2.00 bits per heavy atom. The Bertz CT molecular complexity index is 633. The van der Waals surface area contributed by atoms with Gasteiger partial charge in [-0.25, -0.2) is 4.79 Å². The zero-order chi connectivity index (χ0) is 17.5. The number of ether oxygens (including phenoxy) is 2. The lowest BCUT2D eigenvalue weighted by molar-refractivity contribution is -0.118. The Hall–Kier alpha value is -2.30. The largest absolute Gasteiger partial charge is 0.507 e.